The first kappa shape index (κ1) is 14.5. The van der Waals surface area contributed by atoms with E-state index in [9.17, 15) is 5.11 Å². The van der Waals surface area contributed by atoms with Gasteiger partial charge in [0, 0.05) is 18.0 Å². The molecule has 0 amide bonds. The number of nitrogens with zero attached hydrogens (tertiary/aromatic N) is 1. The molecule has 1 saturated heterocycles. The Bertz CT molecular complexity index is 597. The highest BCUT2D eigenvalue weighted by Crippen LogP contribution is 2.59. The van der Waals surface area contributed by atoms with Crippen LogP contribution in [0.15, 0.2) is 18.2 Å². The van der Waals surface area contributed by atoms with Crippen LogP contribution >= 0.6 is 0 Å². The highest BCUT2D eigenvalue weighted by molar-refractivity contribution is 5.48. The zero-order valence-corrected chi connectivity index (χ0v) is 13.9. The summed E-state index contributed by atoms with van der Waals surface area (Å²) in [5.41, 5.74) is 2.01. The van der Waals surface area contributed by atoms with Crippen molar-refractivity contribution >= 4 is 0 Å². The third kappa shape index (κ3) is 1.70. The molecular weight excluding hydrogens is 274 g/mol. The molecule has 0 aromatic heterocycles. The monoisotopic (exact) mass is 301 g/mol. The van der Waals surface area contributed by atoms with Gasteiger partial charge in [0.05, 0.1) is 12.7 Å². The number of β-amino-alcohol motifs (C(OH)–C–C–N with tert-alkyl or cyclic N) is 1. The van der Waals surface area contributed by atoms with Gasteiger partial charge in [-0.2, -0.15) is 0 Å². The number of hydrogen-bond donors (Lipinski definition) is 1. The van der Waals surface area contributed by atoms with Crippen molar-refractivity contribution in [2.24, 2.45) is 5.92 Å². The number of aliphatic hydroxyl groups is 1. The number of piperidine rings is 1. The SMILES string of the molecule is COc1ccc2c(c1)[C@]13CCCC[C@H]1[C@H](C2)N(C)CC3(C)O. The molecule has 1 heterocycles. The van der Waals surface area contributed by atoms with Gasteiger partial charge in [0.15, 0.2) is 0 Å². The second kappa shape index (κ2) is 4.72. The Morgan fingerprint density at radius 1 is 1.32 bits per heavy atom. The predicted octanol–water partition coefficient (Wildman–Crippen LogP) is 2.74. The van der Waals surface area contributed by atoms with E-state index in [-0.39, 0.29) is 5.41 Å². The number of likely N-dealkylation sites (N-methyl/N-ethyl adjacent to an activating group) is 1. The summed E-state index contributed by atoms with van der Waals surface area (Å²) in [6.45, 7) is 2.83. The van der Waals surface area contributed by atoms with Gasteiger partial charge < -0.3 is 9.84 Å². The number of rotatable bonds is 1. The second-order valence-corrected chi connectivity index (χ2v) is 7.81. The highest BCUT2D eigenvalue weighted by atomic mass is 16.5. The molecule has 0 radical (unpaired) electrons. The second-order valence-electron chi connectivity index (χ2n) is 7.81. The van der Waals surface area contributed by atoms with Crippen LogP contribution in [-0.2, 0) is 11.8 Å². The smallest absolute Gasteiger partial charge is 0.119 e. The van der Waals surface area contributed by atoms with E-state index in [2.05, 4.69) is 37.1 Å². The number of benzene rings is 1. The molecule has 3 heteroatoms. The molecule has 1 N–H and O–H groups in total. The predicted molar refractivity (Wildman–Crippen MR) is 87.4 cm³/mol. The van der Waals surface area contributed by atoms with Crippen LogP contribution in [0.2, 0.25) is 0 Å². The van der Waals surface area contributed by atoms with Crippen molar-refractivity contribution in [2.45, 2.75) is 56.1 Å². The van der Waals surface area contributed by atoms with Crippen LogP contribution in [0.3, 0.4) is 0 Å². The largest absolute Gasteiger partial charge is 0.497 e. The third-order valence-electron chi connectivity index (χ3n) is 6.74. The van der Waals surface area contributed by atoms with Crippen molar-refractivity contribution in [3.05, 3.63) is 29.3 Å². The van der Waals surface area contributed by atoms with E-state index in [1.165, 1.54) is 30.4 Å². The fraction of sp³-hybridized carbons (Fsp3) is 0.684. The first-order valence-corrected chi connectivity index (χ1v) is 8.59. The van der Waals surface area contributed by atoms with E-state index >= 15 is 0 Å². The van der Waals surface area contributed by atoms with Crippen LogP contribution in [0.25, 0.3) is 0 Å². The van der Waals surface area contributed by atoms with E-state index in [1.54, 1.807) is 7.11 Å². The highest BCUT2D eigenvalue weighted by Gasteiger charge is 2.62. The van der Waals surface area contributed by atoms with Crippen LogP contribution in [0, 0.1) is 5.92 Å². The maximum absolute atomic E-state index is 11.5. The third-order valence-corrected chi connectivity index (χ3v) is 6.74. The average molecular weight is 301 g/mol. The standard InChI is InChI=1S/C19H27NO2/c1-18(21)12-20(2)17-10-13-7-8-14(22-3)11-16(13)19(18)9-5-4-6-15(17)19/h7-8,11,15,17,21H,4-6,9-10,12H2,1-3H3/t15-,17-,18?,19-/m0/s1. The average Bonchev–Trinajstić information content (AvgIpc) is 2.51. The van der Waals surface area contributed by atoms with Gasteiger partial charge in [0.1, 0.15) is 5.75 Å². The van der Waals surface area contributed by atoms with Gasteiger partial charge in [0.25, 0.3) is 0 Å². The Hall–Kier alpha value is -1.06. The maximum Gasteiger partial charge on any atom is 0.119 e. The molecule has 4 rings (SSSR count). The minimum Gasteiger partial charge on any atom is -0.497 e. The van der Waals surface area contributed by atoms with Crippen molar-refractivity contribution in [2.75, 3.05) is 20.7 Å². The molecule has 2 aliphatic carbocycles. The number of fused-ring (bicyclic) bond motifs is 1. The minimum absolute atomic E-state index is 0.0927. The fourth-order valence-electron chi connectivity index (χ4n) is 5.86. The molecule has 4 atom stereocenters. The molecular formula is C19H27NO2. The van der Waals surface area contributed by atoms with Crippen LogP contribution in [0.4, 0.5) is 0 Å². The van der Waals surface area contributed by atoms with Gasteiger partial charge in [-0.3, -0.25) is 4.90 Å². The van der Waals surface area contributed by atoms with Gasteiger partial charge in [0.2, 0.25) is 0 Å². The summed E-state index contributed by atoms with van der Waals surface area (Å²) in [4.78, 5) is 2.40. The van der Waals surface area contributed by atoms with E-state index in [0.717, 1.165) is 25.1 Å². The Morgan fingerprint density at radius 3 is 2.91 bits per heavy atom. The van der Waals surface area contributed by atoms with Crippen molar-refractivity contribution in [1.29, 1.82) is 0 Å². The Balaban J connectivity index is 1.97. The molecule has 22 heavy (non-hydrogen) atoms. The molecule has 1 aromatic rings. The number of likely N-dealkylation sites (tertiary alicyclic amines) is 1. The summed E-state index contributed by atoms with van der Waals surface area (Å²) >= 11 is 0. The molecule has 0 spiro atoms. The lowest BCUT2D eigenvalue weighted by atomic mass is 9.47. The van der Waals surface area contributed by atoms with E-state index in [0.29, 0.717) is 12.0 Å². The van der Waals surface area contributed by atoms with Crippen molar-refractivity contribution in [3.63, 3.8) is 0 Å². The lowest BCUT2D eigenvalue weighted by Gasteiger charge is -2.64. The molecule has 1 aromatic carbocycles. The Kier molecular flexibility index (Phi) is 3.11. The fourth-order valence-corrected chi connectivity index (χ4v) is 5.86. The zero-order chi connectivity index (χ0) is 15.5. The molecule has 2 bridgehead atoms. The van der Waals surface area contributed by atoms with Gasteiger partial charge in [-0.05, 0) is 62.4 Å². The molecule has 1 unspecified atom stereocenters. The number of ether oxygens (including phenoxy) is 1. The summed E-state index contributed by atoms with van der Waals surface area (Å²) < 4.78 is 5.49. The Labute approximate surface area is 133 Å². The lowest BCUT2D eigenvalue weighted by molar-refractivity contribution is -0.151. The molecule has 1 saturated carbocycles. The molecule has 2 fully saturated rings. The van der Waals surface area contributed by atoms with Gasteiger partial charge in [-0.25, -0.2) is 0 Å². The Morgan fingerprint density at radius 2 is 2.14 bits per heavy atom. The van der Waals surface area contributed by atoms with E-state index < -0.39 is 5.60 Å². The summed E-state index contributed by atoms with van der Waals surface area (Å²) in [5, 5.41) is 11.5. The van der Waals surface area contributed by atoms with Crippen LogP contribution in [-0.4, -0.2) is 42.4 Å². The first-order chi connectivity index (χ1) is 10.5. The van der Waals surface area contributed by atoms with E-state index in [1.807, 2.05) is 0 Å². The van der Waals surface area contributed by atoms with Crippen LogP contribution in [0.5, 0.6) is 5.75 Å². The quantitative estimate of drug-likeness (QED) is 0.866. The molecule has 3 aliphatic rings. The maximum atomic E-state index is 11.5. The molecule has 120 valence electrons. The zero-order valence-electron chi connectivity index (χ0n) is 13.9. The van der Waals surface area contributed by atoms with Crippen molar-refractivity contribution in [1.82, 2.24) is 4.90 Å². The first-order valence-electron chi connectivity index (χ1n) is 8.59. The molecule has 1 aliphatic heterocycles. The lowest BCUT2D eigenvalue weighted by Crippen LogP contribution is -2.71. The topological polar surface area (TPSA) is 32.7 Å². The normalized spacial score (nSPS) is 40.7. The van der Waals surface area contributed by atoms with Gasteiger partial charge >= 0.3 is 0 Å². The summed E-state index contributed by atoms with van der Waals surface area (Å²) in [5.74, 6) is 1.49. The van der Waals surface area contributed by atoms with Gasteiger partial charge in [-0.1, -0.05) is 18.9 Å². The summed E-state index contributed by atoms with van der Waals surface area (Å²) in [6.07, 6.45) is 5.97. The van der Waals surface area contributed by atoms with Crippen LogP contribution in [0.1, 0.15) is 43.7 Å². The minimum atomic E-state index is -0.676. The summed E-state index contributed by atoms with van der Waals surface area (Å²) in [6, 6.07) is 7.08. The van der Waals surface area contributed by atoms with E-state index in [4.69, 9.17) is 4.74 Å². The summed E-state index contributed by atoms with van der Waals surface area (Å²) in [7, 11) is 3.92. The van der Waals surface area contributed by atoms with Crippen LogP contribution < -0.4 is 4.74 Å². The number of methoxy groups -OCH3 is 1. The molecule has 3 nitrogen and oxygen atoms in total. The number of hydrogen-bond acceptors (Lipinski definition) is 3. The van der Waals surface area contributed by atoms with Crippen molar-refractivity contribution < 1.29 is 9.84 Å². The van der Waals surface area contributed by atoms with Gasteiger partial charge in [-0.15, -0.1) is 0 Å². The van der Waals surface area contributed by atoms with Crippen molar-refractivity contribution in [3.8, 4) is 5.75 Å².